The van der Waals surface area contributed by atoms with Gasteiger partial charge in [0.15, 0.2) is 23.2 Å². The van der Waals surface area contributed by atoms with Crippen LogP contribution in [0.4, 0.5) is 24.0 Å². The molecule has 0 radical (unpaired) electrons. The predicted octanol–water partition coefficient (Wildman–Crippen LogP) is 5.39. The van der Waals surface area contributed by atoms with Gasteiger partial charge in [-0.15, -0.1) is 11.3 Å². The van der Waals surface area contributed by atoms with Crippen molar-refractivity contribution in [3.63, 3.8) is 0 Å². The van der Waals surface area contributed by atoms with Crippen LogP contribution in [0.1, 0.15) is 11.1 Å². The number of nitrogens with one attached hydrogen (secondary N) is 2. The minimum Gasteiger partial charge on any atom is -0.493 e. The van der Waals surface area contributed by atoms with Gasteiger partial charge < -0.3 is 14.8 Å². The Kier molecular flexibility index (Phi) is 8.52. The zero-order chi connectivity index (χ0) is 26.3. The van der Waals surface area contributed by atoms with Crippen LogP contribution in [0, 0.1) is 11.3 Å². The number of carbonyl (C=O) groups is 2. The molecule has 1 heterocycles. The molecule has 0 bridgehead atoms. The number of hydrogen-bond donors (Lipinski definition) is 2. The van der Waals surface area contributed by atoms with Gasteiger partial charge in [-0.2, -0.15) is 18.4 Å². The third-order valence-corrected chi connectivity index (χ3v) is 5.45. The fourth-order valence-corrected chi connectivity index (χ4v) is 3.58. The number of nitrogens with zero attached hydrogens (tertiary/aromatic N) is 2. The summed E-state index contributed by atoms with van der Waals surface area (Å²) in [6, 6.07) is 9.01. The van der Waals surface area contributed by atoms with Gasteiger partial charge in [0.05, 0.1) is 17.7 Å². The van der Waals surface area contributed by atoms with Gasteiger partial charge in [-0.3, -0.25) is 14.9 Å². The molecule has 13 heteroatoms. The highest BCUT2D eigenvalue weighted by molar-refractivity contribution is 7.13. The van der Waals surface area contributed by atoms with E-state index in [2.05, 4.69) is 15.6 Å². The Hall–Kier alpha value is -4.08. The summed E-state index contributed by atoms with van der Waals surface area (Å²) in [7, 11) is 1.36. The average Bonchev–Trinajstić information content (AvgIpc) is 3.34. The molecule has 0 fully saturated rings. The first-order chi connectivity index (χ1) is 17.1. The summed E-state index contributed by atoms with van der Waals surface area (Å²) in [5.74, 6) is -0.912. The molecule has 1 aromatic heterocycles. The topological polar surface area (TPSA) is 113 Å². The van der Waals surface area contributed by atoms with Crippen molar-refractivity contribution in [2.24, 2.45) is 0 Å². The third-order valence-electron chi connectivity index (χ3n) is 4.43. The van der Waals surface area contributed by atoms with Crippen LogP contribution in [0.25, 0.3) is 6.08 Å². The average molecular weight is 537 g/mol. The Labute approximate surface area is 211 Å². The van der Waals surface area contributed by atoms with E-state index in [4.69, 9.17) is 21.1 Å². The number of nitriles is 1. The number of thiazole rings is 1. The molecular weight excluding hydrogens is 521 g/mol. The summed E-state index contributed by atoms with van der Waals surface area (Å²) >= 11 is 6.83. The number of hydrogen-bond acceptors (Lipinski definition) is 7. The number of carbonyl (C=O) groups excluding carboxylic acids is 2. The molecule has 0 saturated heterocycles. The van der Waals surface area contributed by atoms with Gasteiger partial charge in [0.2, 0.25) is 0 Å². The van der Waals surface area contributed by atoms with Gasteiger partial charge in [0.1, 0.15) is 11.6 Å². The van der Waals surface area contributed by atoms with Gasteiger partial charge in [0.25, 0.3) is 11.8 Å². The maximum absolute atomic E-state index is 13.1. The number of rotatable bonds is 8. The highest BCUT2D eigenvalue weighted by Gasteiger charge is 2.33. The fraction of sp³-hybridized carbons (Fsp3) is 0.130. The van der Waals surface area contributed by atoms with Crippen LogP contribution < -0.4 is 20.1 Å². The first kappa shape index (κ1) is 26.5. The second-order valence-corrected chi connectivity index (χ2v) is 8.20. The smallest absolute Gasteiger partial charge is 0.417 e. The maximum Gasteiger partial charge on any atom is 0.417 e. The lowest BCUT2D eigenvalue weighted by atomic mass is 10.1. The first-order valence-electron chi connectivity index (χ1n) is 9.90. The number of amides is 2. The number of halogens is 4. The van der Waals surface area contributed by atoms with E-state index in [0.717, 1.165) is 6.07 Å². The Morgan fingerprint density at radius 2 is 1.97 bits per heavy atom. The van der Waals surface area contributed by atoms with Crippen molar-refractivity contribution in [2.75, 3.05) is 24.4 Å². The second-order valence-electron chi connectivity index (χ2n) is 6.90. The lowest BCUT2D eigenvalue weighted by Gasteiger charge is -2.12. The van der Waals surface area contributed by atoms with Crippen molar-refractivity contribution in [1.82, 2.24) is 4.98 Å². The van der Waals surface area contributed by atoms with Crippen LogP contribution in [-0.2, 0) is 15.8 Å². The SMILES string of the molecule is COc1cc(/C=C(\C#N)C(=O)Nc2ccc(Cl)c(C(F)(F)F)c2)ccc1OCC(=O)Nc1nccs1. The van der Waals surface area contributed by atoms with Crippen LogP contribution in [0.5, 0.6) is 11.5 Å². The second kappa shape index (κ2) is 11.6. The molecular formula is C23H16ClF3N4O4S. The minimum atomic E-state index is -4.71. The maximum atomic E-state index is 13.1. The van der Waals surface area contributed by atoms with Crippen LogP contribution in [-0.4, -0.2) is 30.5 Å². The van der Waals surface area contributed by atoms with E-state index in [1.54, 1.807) is 17.6 Å². The summed E-state index contributed by atoms with van der Waals surface area (Å²) in [5.41, 5.74) is -1.32. The summed E-state index contributed by atoms with van der Waals surface area (Å²) < 4.78 is 49.9. The van der Waals surface area contributed by atoms with Gasteiger partial charge in [-0.1, -0.05) is 17.7 Å². The van der Waals surface area contributed by atoms with Gasteiger partial charge in [-0.05, 0) is 42.0 Å². The van der Waals surface area contributed by atoms with E-state index < -0.39 is 28.6 Å². The molecule has 0 saturated carbocycles. The summed E-state index contributed by atoms with van der Waals surface area (Å²) in [4.78, 5) is 28.4. The van der Waals surface area contributed by atoms with Crippen molar-refractivity contribution in [1.29, 1.82) is 5.26 Å². The molecule has 186 valence electrons. The molecule has 3 rings (SSSR count). The monoisotopic (exact) mass is 536 g/mol. The Morgan fingerprint density at radius 1 is 1.19 bits per heavy atom. The molecule has 0 unspecified atom stereocenters. The van der Waals surface area contributed by atoms with Crippen LogP contribution >= 0.6 is 22.9 Å². The van der Waals surface area contributed by atoms with E-state index in [-0.39, 0.29) is 29.4 Å². The first-order valence-corrected chi connectivity index (χ1v) is 11.2. The van der Waals surface area contributed by atoms with Crippen molar-refractivity contribution < 1.29 is 32.2 Å². The highest BCUT2D eigenvalue weighted by Crippen LogP contribution is 2.36. The van der Waals surface area contributed by atoms with Crippen molar-refractivity contribution >= 4 is 51.6 Å². The van der Waals surface area contributed by atoms with Gasteiger partial charge in [-0.25, -0.2) is 4.98 Å². The van der Waals surface area contributed by atoms with Gasteiger partial charge in [0, 0.05) is 17.3 Å². The molecule has 36 heavy (non-hydrogen) atoms. The highest BCUT2D eigenvalue weighted by atomic mass is 35.5. The van der Waals surface area contributed by atoms with E-state index in [9.17, 15) is 28.0 Å². The predicted molar refractivity (Wildman–Crippen MR) is 128 cm³/mol. The standard InChI is InChI=1S/C23H16ClF3N4O4S/c1-34-19-9-13(2-5-18(19)35-12-20(32)31-22-29-6-7-36-22)8-14(11-28)21(33)30-15-3-4-17(24)16(10-15)23(25,26)27/h2-10H,12H2,1H3,(H,30,33)(H,29,31,32)/b14-8+. The summed E-state index contributed by atoms with van der Waals surface area (Å²) in [5, 5.41) is 15.8. The normalized spacial score (nSPS) is 11.4. The molecule has 2 aromatic carbocycles. The van der Waals surface area contributed by atoms with Crippen LogP contribution in [0.15, 0.2) is 53.5 Å². The number of aromatic nitrogens is 1. The summed E-state index contributed by atoms with van der Waals surface area (Å²) in [6.07, 6.45) is -1.95. The molecule has 0 aliphatic rings. The molecule has 0 aliphatic heterocycles. The number of alkyl halides is 3. The molecule has 0 aliphatic carbocycles. The summed E-state index contributed by atoms with van der Waals surface area (Å²) in [6.45, 7) is -0.321. The largest absolute Gasteiger partial charge is 0.493 e. The van der Waals surface area contributed by atoms with Crippen LogP contribution in [0.2, 0.25) is 5.02 Å². The van der Waals surface area contributed by atoms with Crippen molar-refractivity contribution in [3.05, 3.63) is 69.7 Å². The molecule has 3 aromatic rings. The molecule has 2 N–H and O–H groups in total. The lowest BCUT2D eigenvalue weighted by Crippen LogP contribution is -2.20. The molecule has 8 nitrogen and oxygen atoms in total. The van der Waals surface area contributed by atoms with Crippen LogP contribution in [0.3, 0.4) is 0 Å². The van der Waals surface area contributed by atoms with E-state index in [1.165, 1.54) is 48.8 Å². The number of ether oxygens (including phenoxy) is 2. The number of methoxy groups -OCH3 is 1. The minimum absolute atomic E-state index is 0.185. The van der Waals surface area contributed by atoms with Crippen molar-refractivity contribution in [3.8, 4) is 17.6 Å². The quantitative estimate of drug-likeness (QED) is 0.295. The zero-order valence-electron chi connectivity index (χ0n) is 18.4. The number of anilines is 2. The molecule has 0 atom stereocenters. The third kappa shape index (κ3) is 6.97. The molecule has 2 amide bonds. The lowest BCUT2D eigenvalue weighted by molar-refractivity contribution is -0.137. The number of benzene rings is 2. The van der Waals surface area contributed by atoms with E-state index in [1.807, 2.05) is 0 Å². The van der Waals surface area contributed by atoms with E-state index >= 15 is 0 Å². The van der Waals surface area contributed by atoms with Crippen molar-refractivity contribution in [2.45, 2.75) is 6.18 Å². The Bertz CT molecular complexity index is 1340. The molecule has 0 spiro atoms. The Morgan fingerprint density at radius 3 is 2.61 bits per heavy atom. The zero-order valence-corrected chi connectivity index (χ0v) is 19.9. The van der Waals surface area contributed by atoms with E-state index in [0.29, 0.717) is 16.8 Å². The fourth-order valence-electron chi connectivity index (χ4n) is 2.81. The van der Waals surface area contributed by atoms with Gasteiger partial charge >= 0.3 is 6.18 Å². The Balaban J connectivity index is 1.72.